The fraction of sp³-hybridized carbons (Fsp3) is 0.333. The zero-order valence-corrected chi connectivity index (χ0v) is 29.4. The van der Waals surface area contributed by atoms with Crippen molar-refractivity contribution in [3.63, 3.8) is 0 Å². The number of fused-ring (bicyclic) bond motifs is 6. The van der Waals surface area contributed by atoms with Crippen molar-refractivity contribution in [3.8, 4) is 22.3 Å². The predicted molar refractivity (Wildman–Crippen MR) is 195 cm³/mol. The summed E-state index contributed by atoms with van der Waals surface area (Å²) in [4.78, 5) is 27.7. The molecule has 0 fully saturated rings. The average Bonchev–Trinajstić information content (AvgIpc) is 3.51. The Morgan fingerprint density at radius 3 is 1.81 bits per heavy atom. The van der Waals surface area contributed by atoms with Gasteiger partial charge in [0.25, 0.3) is 0 Å². The number of ether oxygens (including phenoxy) is 3. The zero-order valence-electron chi connectivity index (χ0n) is 28.5. The van der Waals surface area contributed by atoms with E-state index in [1.54, 1.807) is 7.11 Å². The molecule has 0 heterocycles. The lowest BCUT2D eigenvalue weighted by atomic mass is 9.85. The lowest BCUT2D eigenvalue weighted by molar-refractivity contribution is -0.167. The van der Waals surface area contributed by atoms with Gasteiger partial charge in [0.2, 0.25) is 0 Å². The Balaban J connectivity index is 1.43. The molecule has 0 bridgehead atoms. The smallest absolute Gasteiger partial charge is 0.334 e. The maximum atomic E-state index is 14.2. The van der Waals surface area contributed by atoms with Crippen LogP contribution >= 0.6 is 12.6 Å². The van der Waals surface area contributed by atoms with Crippen molar-refractivity contribution in [2.75, 3.05) is 19.5 Å². The fourth-order valence-electron chi connectivity index (χ4n) is 7.31. The third kappa shape index (κ3) is 5.79. The second kappa shape index (κ2) is 13.4. The molecule has 2 aliphatic carbocycles. The summed E-state index contributed by atoms with van der Waals surface area (Å²) in [6.45, 7) is 8.00. The first-order valence-corrected chi connectivity index (χ1v) is 17.4. The largest absolute Gasteiger partial charge is 0.449 e. The first kappa shape index (κ1) is 33.8. The fourth-order valence-corrected chi connectivity index (χ4v) is 7.47. The van der Waals surface area contributed by atoms with E-state index >= 15 is 0 Å². The van der Waals surface area contributed by atoms with Crippen LogP contribution in [0.5, 0.6) is 0 Å². The van der Waals surface area contributed by atoms with Gasteiger partial charge in [0.15, 0.2) is 11.2 Å². The first-order chi connectivity index (χ1) is 23.1. The number of benzene rings is 4. The third-order valence-electron chi connectivity index (χ3n) is 9.58. The van der Waals surface area contributed by atoms with E-state index in [0.717, 1.165) is 62.9 Å². The van der Waals surface area contributed by atoms with E-state index in [1.807, 2.05) is 88.4 Å². The predicted octanol–water partition coefficient (Wildman–Crippen LogP) is 9.51. The molecule has 6 rings (SSSR count). The minimum atomic E-state index is -0.958. The Labute approximate surface area is 289 Å². The van der Waals surface area contributed by atoms with Gasteiger partial charge < -0.3 is 14.2 Å². The second-order valence-corrected chi connectivity index (χ2v) is 14.3. The molecule has 0 radical (unpaired) electrons. The van der Waals surface area contributed by atoms with Crippen LogP contribution in [-0.4, -0.2) is 31.4 Å². The van der Waals surface area contributed by atoms with E-state index in [4.69, 9.17) is 14.2 Å². The Morgan fingerprint density at radius 1 is 0.708 bits per heavy atom. The van der Waals surface area contributed by atoms with Crippen LogP contribution in [0.25, 0.3) is 28.3 Å². The zero-order chi connectivity index (χ0) is 34.1. The highest BCUT2D eigenvalue weighted by Gasteiger charge is 2.49. The lowest BCUT2D eigenvalue weighted by Crippen LogP contribution is -2.36. The molecular formula is C42H44O5S. The van der Waals surface area contributed by atoms with Crippen LogP contribution in [-0.2, 0) is 35.0 Å². The Bertz CT molecular complexity index is 1840. The van der Waals surface area contributed by atoms with Crippen molar-refractivity contribution >= 4 is 30.6 Å². The van der Waals surface area contributed by atoms with E-state index in [0.29, 0.717) is 30.8 Å². The van der Waals surface area contributed by atoms with Gasteiger partial charge in [0, 0.05) is 41.5 Å². The van der Waals surface area contributed by atoms with Crippen molar-refractivity contribution < 1.29 is 23.8 Å². The first-order valence-electron chi connectivity index (χ1n) is 16.7. The summed E-state index contributed by atoms with van der Waals surface area (Å²) in [5.74, 6) is 0.0131. The molecule has 0 spiro atoms. The maximum absolute atomic E-state index is 14.2. The SMILES string of the molecule is COCCCC1(OC(=O)/C(C)=C/c2cccc3c2-c2ccccc2C3(CCCS)OC(=O)C(C)(C)C)c2ccccc2-c2ccccc21. The van der Waals surface area contributed by atoms with Crippen molar-refractivity contribution in [1.29, 1.82) is 0 Å². The number of hydrogen-bond acceptors (Lipinski definition) is 6. The van der Waals surface area contributed by atoms with Crippen molar-refractivity contribution in [2.24, 2.45) is 5.41 Å². The summed E-state index contributed by atoms with van der Waals surface area (Å²) in [6.07, 6.45) is 4.58. The highest BCUT2D eigenvalue weighted by molar-refractivity contribution is 7.80. The molecule has 0 saturated heterocycles. The van der Waals surface area contributed by atoms with Crippen LogP contribution in [0.3, 0.4) is 0 Å². The molecule has 1 unspecified atom stereocenters. The highest BCUT2D eigenvalue weighted by Crippen LogP contribution is 2.55. The van der Waals surface area contributed by atoms with Gasteiger partial charge in [-0.2, -0.15) is 12.6 Å². The van der Waals surface area contributed by atoms with Crippen LogP contribution in [0.15, 0.2) is 96.6 Å². The van der Waals surface area contributed by atoms with Gasteiger partial charge in [-0.3, -0.25) is 4.79 Å². The highest BCUT2D eigenvalue weighted by atomic mass is 32.1. The van der Waals surface area contributed by atoms with Crippen LogP contribution in [0, 0.1) is 5.41 Å². The normalized spacial score (nSPS) is 17.2. The summed E-state index contributed by atoms with van der Waals surface area (Å²) in [6, 6.07) is 30.5. The molecule has 2 aliphatic rings. The summed E-state index contributed by atoms with van der Waals surface area (Å²) < 4.78 is 18.6. The molecule has 6 heteroatoms. The van der Waals surface area contributed by atoms with E-state index in [2.05, 4.69) is 49.0 Å². The van der Waals surface area contributed by atoms with E-state index in [9.17, 15) is 9.59 Å². The standard InChI is InChI=1S/C42H44O5S/c1-28(38(43)46-41(23-13-25-45-5)33-19-9-6-16-30(33)31-17-7-10-20-34(31)41)27-29-15-12-22-36-37(29)32-18-8-11-21-35(32)42(36,24-14-26-48)47-39(44)40(2,3)4/h6-12,15-22,27,48H,13-14,23-26H2,1-5H3/b28-27+. The van der Waals surface area contributed by atoms with Crippen molar-refractivity contribution in [3.05, 3.63) is 124 Å². The maximum Gasteiger partial charge on any atom is 0.334 e. The Morgan fingerprint density at radius 2 is 1.23 bits per heavy atom. The number of carbonyl (C=O) groups excluding carboxylic acids is 2. The van der Waals surface area contributed by atoms with Crippen molar-refractivity contribution in [1.82, 2.24) is 0 Å². The quantitative estimate of drug-likeness (QED) is 0.0752. The van der Waals surface area contributed by atoms with Gasteiger partial charge in [-0.1, -0.05) is 91.0 Å². The van der Waals surface area contributed by atoms with E-state index in [1.165, 1.54) is 0 Å². The van der Waals surface area contributed by atoms with E-state index in [-0.39, 0.29) is 11.9 Å². The third-order valence-corrected chi connectivity index (χ3v) is 9.90. The molecule has 1 atom stereocenters. The summed E-state index contributed by atoms with van der Waals surface area (Å²) in [5.41, 5.74) is 6.77. The molecule has 248 valence electrons. The number of methoxy groups -OCH3 is 1. The molecule has 0 N–H and O–H groups in total. The summed E-state index contributed by atoms with van der Waals surface area (Å²) in [7, 11) is 1.69. The Hall–Kier alpha value is -4.13. The second-order valence-electron chi connectivity index (χ2n) is 13.8. The molecular weight excluding hydrogens is 617 g/mol. The van der Waals surface area contributed by atoms with Gasteiger partial charge in [-0.15, -0.1) is 0 Å². The van der Waals surface area contributed by atoms with Gasteiger partial charge in [0.05, 0.1) is 5.41 Å². The molecule has 0 aromatic heterocycles. The van der Waals surface area contributed by atoms with Crippen LogP contribution in [0.1, 0.15) is 81.2 Å². The van der Waals surface area contributed by atoms with E-state index < -0.39 is 16.6 Å². The lowest BCUT2D eigenvalue weighted by Gasteiger charge is -2.34. The number of hydrogen-bond donors (Lipinski definition) is 1. The van der Waals surface area contributed by atoms with Crippen LogP contribution in [0.4, 0.5) is 0 Å². The summed E-state index contributed by atoms with van der Waals surface area (Å²) in [5, 5.41) is 0. The van der Waals surface area contributed by atoms with Gasteiger partial charge in [-0.05, 0) is 93.0 Å². The molecule has 0 aliphatic heterocycles. The number of carbonyl (C=O) groups is 2. The molecule has 0 saturated carbocycles. The average molecular weight is 661 g/mol. The number of thiol groups is 1. The van der Waals surface area contributed by atoms with Gasteiger partial charge in [0.1, 0.15) is 0 Å². The molecule has 0 amide bonds. The molecule has 5 nitrogen and oxygen atoms in total. The molecule has 4 aromatic carbocycles. The monoisotopic (exact) mass is 660 g/mol. The van der Waals surface area contributed by atoms with Crippen LogP contribution < -0.4 is 0 Å². The topological polar surface area (TPSA) is 61.8 Å². The number of rotatable bonds is 11. The summed E-state index contributed by atoms with van der Waals surface area (Å²) >= 11 is 4.51. The minimum Gasteiger partial charge on any atom is -0.449 e. The van der Waals surface area contributed by atoms with Crippen LogP contribution in [0.2, 0.25) is 0 Å². The number of esters is 2. The van der Waals surface area contributed by atoms with Gasteiger partial charge in [-0.25, -0.2) is 4.79 Å². The molecule has 4 aromatic rings. The minimum absolute atomic E-state index is 0.263. The van der Waals surface area contributed by atoms with Crippen molar-refractivity contribution in [2.45, 2.75) is 64.6 Å². The Kier molecular flexibility index (Phi) is 9.43. The van der Waals surface area contributed by atoms with Gasteiger partial charge >= 0.3 is 11.9 Å². The molecule has 48 heavy (non-hydrogen) atoms.